The number of nitrogen functional groups attached to an aromatic ring is 1. The lowest BCUT2D eigenvalue weighted by Gasteiger charge is -2.08. The van der Waals surface area contributed by atoms with Crippen LogP contribution >= 0.6 is 0 Å². The number of ether oxygens (including phenoxy) is 1. The van der Waals surface area contributed by atoms with Crippen LogP contribution in [-0.2, 0) is 11.3 Å². The fourth-order valence-corrected chi connectivity index (χ4v) is 1.60. The third-order valence-electron chi connectivity index (χ3n) is 2.50. The van der Waals surface area contributed by atoms with Crippen LogP contribution in [0.3, 0.4) is 0 Å². The molecule has 0 bridgehead atoms. The molecule has 2 aromatic carbocycles. The van der Waals surface area contributed by atoms with E-state index in [-0.39, 0.29) is 12.3 Å². The molecule has 0 heterocycles. The summed E-state index contributed by atoms with van der Waals surface area (Å²) in [5, 5.41) is 0. The number of carbonyl (C=O) groups is 1. The van der Waals surface area contributed by atoms with Crippen LogP contribution in [0.25, 0.3) is 0 Å². The Kier molecular flexibility index (Phi) is 3.75. The van der Waals surface area contributed by atoms with Crippen molar-refractivity contribution in [2.75, 3.05) is 5.73 Å². The molecule has 0 saturated carbocycles. The third kappa shape index (κ3) is 3.07. The number of nitrogens with two attached hydrogens (primary N) is 1. The Morgan fingerprint density at radius 3 is 2.47 bits per heavy atom. The number of rotatable bonds is 3. The molecule has 0 aliphatic carbocycles. The van der Waals surface area contributed by atoms with Gasteiger partial charge in [0.05, 0.1) is 5.69 Å². The fraction of sp³-hybridized carbons (Fsp3) is 0.0714. The Balaban J connectivity index is 2.13. The molecule has 0 aliphatic rings. The minimum atomic E-state index is -1.03. The maximum absolute atomic E-state index is 13.5. The zero-order valence-corrected chi connectivity index (χ0v) is 9.90. The van der Waals surface area contributed by atoms with Gasteiger partial charge >= 0.3 is 5.97 Å². The average Bonchev–Trinajstić information content (AvgIpc) is 2.36. The van der Waals surface area contributed by atoms with Crippen molar-refractivity contribution in [2.24, 2.45) is 0 Å². The van der Waals surface area contributed by atoms with Crippen molar-refractivity contribution in [2.45, 2.75) is 6.61 Å². The predicted molar refractivity (Wildman–Crippen MR) is 66.3 cm³/mol. The van der Waals surface area contributed by atoms with Crippen LogP contribution in [0, 0.1) is 11.6 Å². The minimum absolute atomic E-state index is 0.00404. The molecule has 0 saturated heterocycles. The van der Waals surface area contributed by atoms with E-state index in [1.807, 2.05) is 6.07 Å². The molecule has 3 nitrogen and oxygen atoms in total. The number of hydrogen-bond donors (Lipinski definition) is 1. The number of hydrogen-bond acceptors (Lipinski definition) is 3. The second-order valence-electron chi connectivity index (χ2n) is 3.91. The summed E-state index contributed by atoms with van der Waals surface area (Å²) < 4.78 is 31.3. The number of halogens is 2. The maximum Gasteiger partial charge on any atom is 0.343 e. The smallest absolute Gasteiger partial charge is 0.343 e. The lowest BCUT2D eigenvalue weighted by Crippen LogP contribution is -2.11. The van der Waals surface area contributed by atoms with E-state index < -0.39 is 23.2 Å². The highest BCUT2D eigenvalue weighted by Gasteiger charge is 2.18. The molecule has 19 heavy (non-hydrogen) atoms. The first-order valence-electron chi connectivity index (χ1n) is 5.53. The Bertz CT molecular complexity index is 577. The standard InChI is InChI=1S/C14H11F2NO2/c15-10-6-11(16)13(12(17)7-10)14(18)19-8-9-4-2-1-3-5-9/h1-7H,8,17H2. The average molecular weight is 263 g/mol. The normalized spacial score (nSPS) is 10.2. The topological polar surface area (TPSA) is 52.3 Å². The van der Waals surface area contributed by atoms with Crippen LogP contribution in [0.4, 0.5) is 14.5 Å². The summed E-state index contributed by atoms with van der Waals surface area (Å²) >= 11 is 0. The molecule has 0 atom stereocenters. The van der Waals surface area contributed by atoms with E-state index in [0.29, 0.717) is 6.07 Å². The third-order valence-corrected chi connectivity index (χ3v) is 2.50. The maximum atomic E-state index is 13.5. The highest BCUT2D eigenvalue weighted by Crippen LogP contribution is 2.19. The Morgan fingerprint density at radius 2 is 1.84 bits per heavy atom. The SMILES string of the molecule is Nc1cc(F)cc(F)c1C(=O)OCc1ccccc1. The Labute approximate surface area is 108 Å². The van der Waals surface area contributed by atoms with Crippen molar-refractivity contribution >= 4 is 11.7 Å². The molecular weight excluding hydrogens is 252 g/mol. The van der Waals surface area contributed by atoms with Crippen molar-refractivity contribution in [3.63, 3.8) is 0 Å². The van der Waals surface area contributed by atoms with Gasteiger partial charge in [0.15, 0.2) is 0 Å². The van der Waals surface area contributed by atoms with Gasteiger partial charge in [-0.2, -0.15) is 0 Å². The van der Waals surface area contributed by atoms with E-state index in [4.69, 9.17) is 10.5 Å². The lowest BCUT2D eigenvalue weighted by atomic mass is 10.1. The summed E-state index contributed by atoms with van der Waals surface area (Å²) in [7, 11) is 0. The molecule has 0 fully saturated rings. The van der Waals surface area contributed by atoms with Crippen molar-refractivity contribution < 1.29 is 18.3 Å². The van der Waals surface area contributed by atoms with E-state index in [1.165, 1.54) is 0 Å². The zero-order chi connectivity index (χ0) is 13.8. The molecule has 0 radical (unpaired) electrons. The van der Waals surface area contributed by atoms with Gasteiger partial charge in [-0.3, -0.25) is 0 Å². The summed E-state index contributed by atoms with van der Waals surface area (Å²) in [6.07, 6.45) is 0. The van der Waals surface area contributed by atoms with Gasteiger partial charge in [-0.1, -0.05) is 30.3 Å². The summed E-state index contributed by atoms with van der Waals surface area (Å²) in [4.78, 5) is 11.7. The number of benzene rings is 2. The molecule has 2 aromatic rings. The Hall–Kier alpha value is -2.43. The highest BCUT2D eigenvalue weighted by molar-refractivity contribution is 5.95. The number of esters is 1. The van der Waals surface area contributed by atoms with Gasteiger partial charge in [0.25, 0.3) is 0 Å². The van der Waals surface area contributed by atoms with Crippen LogP contribution in [0.5, 0.6) is 0 Å². The van der Waals surface area contributed by atoms with Crippen molar-refractivity contribution in [3.05, 3.63) is 65.2 Å². The summed E-state index contributed by atoms with van der Waals surface area (Å²) in [5.41, 5.74) is 5.44. The summed E-state index contributed by atoms with van der Waals surface area (Å²) in [6.45, 7) is -0.00404. The van der Waals surface area contributed by atoms with Gasteiger partial charge in [0.1, 0.15) is 23.8 Å². The van der Waals surface area contributed by atoms with Gasteiger partial charge in [0.2, 0.25) is 0 Å². The first-order valence-corrected chi connectivity index (χ1v) is 5.53. The first-order chi connectivity index (χ1) is 9.08. The highest BCUT2D eigenvalue weighted by atomic mass is 19.1. The van der Waals surface area contributed by atoms with Crippen molar-refractivity contribution in [1.29, 1.82) is 0 Å². The van der Waals surface area contributed by atoms with Crippen LogP contribution in [0.1, 0.15) is 15.9 Å². The molecule has 0 amide bonds. The minimum Gasteiger partial charge on any atom is -0.457 e. The van der Waals surface area contributed by atoms with Crippen LogP contribution < -0.4 is 5.73 Å². The monoisotopic (exact) mass is 263 g/mol. The Morgan fingerprint density at radius 1 is 1.16 bits per heavy atom. The predicted octanol–water partition coefficient (Wildman–Crippen LogP) is 2.90. The molecule has 2 rings (SSSR count). The lowest BCUT2D eigenvalue weighted by molar-refractivity contribution is 0.0468. The van der Waals surface area contributed by atoms with Crippen LogP contribution in [0.2, 0.25) is 0 Å². The molecule has 98 valence electrons. The fourth-order valence-electron chi connectivity index (χ4n) is 1.60. The van der Waals surface area contributed by atoms with Gasteiger partial charge in [0, 0.05) is 6.07 Å². The molecule has 2 N–H and O–H groups in total. The quantitative estimate of drug-likeness (QED) is 0.684. The van der Waals surface area contributed by atoms with Gasteiger partial charge in [-0.25, -0.2) is 13.6 Å². The van der Waals surface area contributed by atoms with Crippen LogP contribution in [-0.4, -0.2) is 5.97 Å². The molecule has 0 unspecified atom stereocenters. The second kappa shape index (κ2) is 5.48. The largest absolute Gasteiger partial charge is 0.457 e. The van der Waals surface area contributed by atoms with Crippen LogP contribution in [0.15, 0.2) is 42.5 Å². The number of carbonyl (C=O) groups excluding carboxylic acids is 1. The van der Waals surface area contributed by atoms with E-state index in [9.17, 15) is 13.6 Å². The van der Waals surface area contributed by atoms with Gasteiger partial charge in [-0.05, 0) is 11.6 Å². The van der Waals surface area contributed by atoms with Gasteiger partial charge < -0.3 is 10.5 Å². The second-order valence-corrected chi connectivity index (χ2v) is 3.91. The molecule has 0 aliphatic heterocycles. The van der Waals surface area contributed by atoms with E-state index in [1.54, 1.807) is 24.3 Å². The zero-order valence-electron chi connectivity index (χ0n) is 9.90. The first kappa shape index (κ1) is 13.0. The molecule has 0 aromatic heterocycles. The van der Waals surface area contributed by atoms with Crippen molar-refractivity contribution in [1.82, 2.24) is 0 Å². The molecular formula is C14H11F2NO2. The number of anilines is 1. The molecule has 0 spiro atoms. The molecule has 5 heteroatoms. The summed E-state index contributed by atoms with van der Waals surface area (Å²) in [6, 6.07) is 10.4. The van der Waals surface area contributed by atoms with E-state index in [0.717, 1.165) is 11.6 Å². The van der Waals surface area contributed by atoms with E-state index >= 15 is 0 Å². The van der Waals surface area contributed by atoms with E-state index in [2.05, 4.69) is 0 Å². The van der Waals surface area contributed by atoms with Gasteiger partial charge in [-0.15, -0.1) is 0 Å². The summed E-state index contributed by atoms with van der Waals surface area (Å²) in [5.74, 6) is -2.79. The van der Waals surface area contributed by atoms with Crippen molar-refractivity contribution in [3.8, 4) is 0 Å².